The molecule has 0 saturated heterocycles. The number of nitrogens with zero attached hydrogens (tertiary/aromatic N) is 1. The van der Waals surface area contributed by atoms with Gasteiger partial charge in [0.15, 0.2) is 0 Å². The fourth-order valence-electron chi connectivity index (χ4n) is 21.1. The number of hydrogen-bond donors (Lipinski definition) is 9. The van der Waals surface area contributed by atoms with Crippen molar-refractivity contribution in [1.29, 1.82) is 0 Å². The minimum atomic E-state index is -0.176. The van der Waals surface area contributed by atoms with Crippen LogP contribution in [0.5, 0.6) is 0 Å². The zero-order chi connectivity index (χ0) is 101. The lowest BCUT2D eigenvalue weighted by Gasteiger charge is -2.02. The summed E-state index contributed by atoms with van der Waals surface area (Å²) in [5.74, 6) is -0.176. The zero-order valence-electron chi connectivity index (χ0n) is 81.1. The van der Waals surface area contributed by atoms with Gasteiger partial charge in [-0.2, -0.15) is 9.59 Å². The molecule has 0 spiro atoms. The van der Waals surface area contributed by atoms with Gasteiger partial charge < -0.3 is 49.4 Å². The van der Waals surface area contributed by atoms with E-state index in [-0.39, 0.29) is 12.0 Å². The van der Waals surface area contributed by atoms with Crippen LogP contribution in [-0.4, -0.2) is 55.6 Å². The number of fused-ring (bicyclic) bond motifs is 14. The first-order valence-electron chi connectivity index (χ1n) is 49.3. The van der Waals surface area contributed by atoms with Crippen molar-refractivity contribution in [3.8, 4) is 0 Å². The lowest BCUT2D eigenvalue weighted by atomic mass is 10.0. The fraction of sp³-hybridized carbons (Fsp3) is 0.117. The molecule has 4 aliphatic carbocycles. The third kappa shape index (κ3) is 22.1. The Bertz CT molecular complexity index is 8720. The number of carbonyl (C=O) groups excluding carboxylic acids is 2. The van der Waals surface area contributed by atoms with E-state index in [1.54, 1.807) is 6.07 Å². The zero-order valence-corrected chi connectivity index (χ0v) is 86.5. The van der Waals surface area contributed by atoms with Crippen LogP contribution in [-0.2, 0) is 93.7 Å². The van der Waals surface area contributed by atoms with Crippen LogP contribution in [0.4, 0.5) is 4.39 Å². The SMILES string of the molecule is Brc1ccc2[nH]cc(Cc3cc4ccccc4[nH]3)c2c1.CCc1ccc2c(c1)C=C(Cc1c[nH]c3c(Cl)cccc13)C2.Cc1ccc2c(c1)C=C(Cc1c[nH]c3c(Cl)cccc13)C2.Clc1ccc2[nH]cc(Cc3cc4ccccc4[nH]3)c2c1.Clc1cccc2c(Cc3cc4ccccc4[nH]3)c[nH]c12.Cn1cc(CC2=Cc3ccccc3C2)c2ccccc21.Fc1ccc2c(c1)C=C(Cc1c[nH]c3c(Cl)cccc13)C2.O=C=O. The second-order valence-corrected chi connectivity index (χ2v) is 41.2. The molecule has 14 aromatic carbocycles. The lowest BCUT2D eigenvalue weighted by Crippen LogP contribution is -1.90. The van der Waals surface area contributed by atoms with Crippen LogP contribution in [0.15, 0.2) is 373 Å². The number of aromatic nitrogens is 10. The maximum atomic E-state index is 13.3. The first-order valence-corrected chi connectivity index (χ1v) is 52.0. The van der Waals surface area contributed by atoms with Crippen molar-refractivity contribution in [1.82, 2.24) is 49.4 Å². The molecule has 0 amide bonds. The van der Waals surface area contributed by atoms with Crippen LogP contribution in [0.3, 0.4) is 0 Å². The Morgan fingerprint density at radius 3 is 1.16 bits per heavy atom. The van der Waals surface area contributed by atoms with Crippen LogP contribution in [0.25, 0.3) is 133 Å². The maximum Gasteiger partial charge on any atom is 0.373 e. The van der Waals surface area contributed by atoms with Gasteiger partial charge in [-0.1, -0.05) is 321 Å². The Morgan fingerprint density at radius 1 is 0.327 bits per heavy atom. The first-order chi connectivity index (χ1) is 71.8. The third-order valence-corrected chi connectivity index (χ3v) is 30.2. The molecule has 0 saturated carbocycles. The average molecular weight is 2090 g/mol. The number of para-hydroxylation sites is 8. The van der Waals surface area contributed by atoms with Crippen LogP contribution >= 0.6 is 73.9 Å². The van der Waals surface area contributed by atoms with Crippen molar-refractivity contribution in [2.75, 3.05) is 0 Å². The van der Waals surface area contributed by atoms with Crippen molar-refractivity contribution in [2.45, 2.75) is 90.9 Å². The summed E-state index contributed by atoms with van der Waals surface area (Å²) < 4.78 is 16.6. The summed E-state index contributed by atoms with van der Waals surface area (Å²) in [7, 11) is 2.13. The highest BCUT2D eigenvalue weighted by atomic mass is 79.9. The maximum absolute atomic E-state index is 13.3. The summed E-state index contributed by atoms with van der Waals surface area (Å²) >= 11 is 34.5. The average Bonchev–Trinajstić information content (AvgIpc) is 1.66. The fourth-order valence-corrected chi connectivity index (χ4v) is 22.6. The van der Waals surface area contributed by atoms with E-state index in [0.29, 0.717) is 0 Å². The van der Waals surface area contributed by atoms with Crippen molar-refractivity contribution in [3.05, 3.63) is 516 Å². The van der Waals surface area contributed by atoms with Crippen LogP contribution in [0.2, 0.25) is 25.1 Å². The first kappa shape index (κ1) is 97.7. The Morgan fingerprint density at radius 2 is 0.694 bits per heavy atom. The number of nitrogens with one attached hydrogen (secondary N) is 9. The van der Waals surface area contributed by atoms with Gasteiger partial charge in [-0.15, -0.1) is 0 Å². The smallest absolute Gasteiger partial charge is 0.361 e. The Kier molecular flexibility index (Phi) is 29.2. The van der Waals surface area contributed by atoms with E-state index in [4.69, 9.17) is 67.6 Å². The summed E-state index contributed by atoms with van der Waals surface area (Å²) in [6, 6.07) is 104. The van der Waals surface area contributed by atoms with Gasteiger partial charge in [0.25, 0.3) is 0 Å². The molecule has 0 radical (unpaired) electrons. The number of hydrogen-bond acceptors (Lipinski definition) is 2. The van der Waals surface area contributed by atoms with Gasteiger partial charge in [0.2, 0.25) is 0 Å². The third-order valence-electron chi connectivity index (χ3n) is 28.2. The summed E-state index contributed by atoms with van der Waals surface area (Å²) in [6.07, 6.45) is 35.8. The molecule has 726 valence electrons. The standard InChI is InChI=1S/C20H18ClN.C19H16ClN.C19H17N.C18H13ClFN.C17H13BrN2.2C17H13ClN2.CO2/c1-2-13-6-7-15-9-14(10-16(15)8-13)11-17-12-22-20-18(17)4-3-5-19(20)21;1-12-5-6-14-8-13(9-15(14)7-12)10-16-11-21-19-17(16)3-2-4-18(19)20;1-20-13-17(18-8-4-5-9-19(18)20)12-14-10-15-6-2-3-7-16(15)11-14;19-17-3-1-2-16-14(10-21-18(16)17)8-11-6-12-4-5-15(20)9-13(12)7-11;18-13-5-6-17-15(9-13)12(10-19-17)8-14-7-11-3-1-2-4-16(11)20-14;18-15-6-3-5-14-12(10-19-17(14)15)9-13-8-11-4-1-2-7-16(11)20-13;18-13-5-6-17-15(9-13)12(10-19-17)8-14-7-11-3-1-2-4-16(11)20-14;2-1-3/h3-8,10,12,22H,2,9,11H2,1H3;2-7,9,11,21H,8,10H2,1H3;2-10,13H,11-12H2,1H3;1-5,7,9-10,21H,6,8H2;1-7,9-10,19-20H,8H2;1-8,10,19-20H,9H2;1-7,9-10,19-20H,8H2;. The number of aromatic amines is 9. The van der Waals surface area contributed by atoms with Crippen molar-refractivity contribution >= 4 is 213 Å². The van der Waals surface area contributed by atoms with Gasteiger partial charge in [0.05, 0.1) is 42.2 Å². The number of rotatable bonds is 15. The Labute approximate surface area is 883 Å². The molecule has 24 aromatic rings. The summed E-state index contributed by atoms with van der Waals surface area (Å²) in [6.45, 7) is 4.35. The van der Waals surface area contributed by atoms with Crippen LogP contribution in [0, 0.1) is 12.7 Å². The van der Waals surface area contributed by atoms with Gasteiger partial charge in [0, 0.05) is 167 Å². The largest absolute Gasteiger partial charge is 0.373 e. The number of benzene rings is 14. The molecule has 0 unspecified atom stereocenters. The molecule has 12 nitrogen and oxygen atoms in total. The molecular weight excluding hydrogens is 1990 g/mol. The Balaban J connectivity index is 0.000000100. The van der Waals surface area contributed by atoms with Crippen molar-refractivity contribution < 1.29 is 14.0 Å². The predicted octanol–water partition coefficient (Wildman–Crippen LogP) is 34.6. The van der Waals surface area contributed by atoms with Gasteiger partial charge in [0.1, 0.15) is 5.82 Å². The lowest BCUT2D eigenvalue weighted by molar-refractivity contribution is -0.191. The van der Waals surface area contributed by atoms with E-state index in [1.165, 1.54) is 211 Å². The normalized spacial score (nSPS) is 12.4. The van der Waals surface area contributed by atoms with E-state index >= 15 is 0 Å². The highest BCUT2D eigenvalue weighted by Crippen LogP contribution is 2.40. The van der Waals surface area contributed by atoms with Crippen LogP contribution in [0.1, 0.15) is 119 Å². The van der Waals surface area contributed by atoms with Gasteiger partial charge in [-0.05, 0) is 285 Å². The number of aryl methyl sites for hydroxylation is 3. The quantitative estimate of drug-likeness (QED) is 0.0496. The molecule has 28 rings (SSSR count). The summed E-state index contributed by atoms with van der Waals surface area (Å²) in [5.41, 5.74) is 43.3. The molecule has 147 heavy (non-hydrogen) atoms. The van der Waals surface area contributed by atoms with E-state index in [2.05, 4.69) is 348 Å². The molecule has 9 N–H and O–H groups in total. The number of halogens is 7. The minimum Gasteiger partial charge on any atom is -0.361 e. The second-order valence-electron chi connectivity index (χ2n) is 38.2. The molecule has 4 aliphatic rings. The highest BCUT2D eigenvalue weighted by Gasteiger charge is 2.23. The second kappa shape index (κ2) is 43.9. The molecule has 19 heteroatoms. The molecule has 10 aromatic heterocycles. The predicted molar refractivity (Wildman–Crippen MR) is 615 cm³/mol. The highest BCUT2D eigenvalue weighted by molar-refractivity contribution is 9.10. The molecular formula is C128H103BrCl5FN10O2. The van der Waals surface area contributed by atoms with Crippen molar-refractivity contribution in [2.24, 2.45) is 7.05 Å². The van der Waals surface area contributed by atoms with E-state index in [0.717, 1.165) is 145 Å². The molecule has 0 aliphatic heterocycles. The van der Waals surface area contributed by atoms with E-state index in [9.17, 15) is 4.39 Å². The van der Waals surface area contributed by atoms with E-state index < -0.39 is 0 Å². The molecule has 0 atom stereocenters. The number of allylic oxidation sites excluding steroid dienone is 4. The van der Waals surface area contributed by atoms with E-state index in [1.807, 2.05) is 97.3 Å². The van der Waals surface area contributed by atoms with Crippen molar-refractivity contribution in [3.63, 3.8) is 0 Å². The van der Waals surface area contributed by atoms with Crippen LogP contribution < -0.4 is 0 Å². The molecule has 10 heterocycles. The molecule has 0 bridgehead atoms. The summed E-state index contributed by atoms with van der Waals surface area (Å²) in [5, 5.41) is 16.3. The molecule has 0 fully saturated rings. The summed E-state index contributed by atoms with van der Waals surface area (Å²) in [4.78, 5) is 46.4. The minimum absolute atomic E-state index is 0.176. The topological polar surface area (TPSA) is 181 Å². The van der Waals surface area contributed by atoms with Gasteiger partial charge >= 0.3 is 6.15 Å². The Hall–Kier alpha value is -15.3. The number of H-pyrrole nitrogens is 9. The van der Waals surface area contributed by atoms with Gasteiger partial charge in [-0.3, -0.25) is 0 Å². The van der Waals surface area contributed by atoms with Gasteiger partial charge in [-0.25, -0.2) is 4.39 Å². The monoisotopic (exact) mass is 2080 g/mol.